The number of fused-ring (bicyclic) bond motifs is 6. The monoisotopic (exact) mass is 492 g/mol. The lowest BCUT2D eigenvalue weighted by Gasteiger charge is -2.40. The fourth-order valence-corrected chi connectivity index (χ4v) is 9.02. The van der Waals surface area contributed by atoms with Crippen LogP contribution in [0, 0.1) is 35.5 Å². The Morgan fingerprint density at radius 1 is 0.829 bits per heavy atom. The molecule has 5 aliphatic rings. The van der Waals surface area contributed by atoms with Crippen molar-refractivity contribution in [3.63, 3.8) is 0 Å². The minimum atomic E-state index is 0.0261. The highest BCUT2D eigenvalue weighted by molar-refractivity contribution is 7.13. The number of amides is 2. The minimum absolute atomic E-state index is 0.0261. The molecule has 2 bridgehead atoms. The smallest absolute Gasteiger partial charge is 0.233 e. The summed E-state index contributed by atoms with van der Waals surface area (Å²) < 4.78 is 6.02. The van der Waals surface area contributed by atoms with Crippen LogP contribution in [0.1, 0.15) is 44.9 Å². The lowest BCUT2D eigenvalue weighted by Crippen LogP contribution is -2.49. The van der Waals surface area contributed by atoms with Gasteiger partial charge in [0.05, 0.1) is 16.5 Å². The first kappa shape index (κ1) is 22.2. The zero-order valence-corrected chi connectivity index (χ0v) is 21.3. The Labute approximate surface area is 211 Å². The van der Waals surface area contributed by atoms with Crippen LogP contribution in [0.3, 0.4) is 0 Å². The zero-order valence-electron chi connectivity index (χ0n) is 20.5. The number of imide groups is 1. The molecule has 0 spiro atoms. The van der Waals surface area contributed by atoms with Crippen LogP contribution in [-0.4, -0.2) is 65.3 Å². The van der Waals surface area contributed by atoms with Crippen molar-refractivity contribution in [3.8, 4) is 0 Å². The second-order valence-electron chi connectivity index (χ2n) is 11.8. The summed E-state index contributed by atoms with van der Waals surface area (Å²) in [5.74, 6) is 3.59. The third kappa shape index (κ3) is 3.72. The van der Waals surface area contributed by atoms with Gasteiger partial charge in [-0.2, -0.15) is 4.37 Å². The number of nitrogens with zero attached hydrogens (tertiary/aromatic N) is 4. The maximum Gasteiger partial charge on any atom is 0.233 e. The molecule has 6 nitrogen and oxygen atoms in total. The van der Waals surface area contributed by atoms with E-state index in [-0.39, 0.29) is 23.7 Å². The Kier molecular flexibility index (Phi) is 5.61. The van der Waals surface area contributed by atoms with Gasteiger partial charge in [-0.3, -0.25) is 19.4 Å². The third-order valence-electron chi connectivity index (χ3n) is 10.0. The fourth-order valence-electron chi connectivity index (χ4n) is 8.22. The molecule has 3 saturated carbocycles. The van der Waals surface area contributed by atoms with Gasteiger partial charge < -0.3 is 4.90 Å². The number of aromatic nitrogens is 1. The van der Waals surface area contributed by atoms with Crippen molar-refractivity contribution >= 4 is 39.3 Å². The van der Waals surface area contributed by atoms with Crippen molar-refractivity contribution in [2.24, 2.45) is 35.5 Å². The van der Waals surface area contributed by atoms with Crippen molar-refractivity contribution in [1.29, 1.82) is 0 Å². The predicted octanol–water partition coefficient (Wildman–Crippen LogP) is 4.26. The zero-order chi connectivity index (χ0) is 23.5. The van der Waals surface area contributed by atoms with Crippen molar-refractivity contribution in [1.82, 2.24) is 14.2 Å². The molecule has 186 valence electrons. The van der Waals surface area contributed by atoms with E-state index in [0.717, 1.165) is 64.2 Å². The van der Waals surface area contributed by atoms with Gasteiger partial charge in [0.25, 0.3) is 0 Å². The summed E-state index contributed by atoms with van der Waals surface area (Å²) in [6.07, 6.45) is 8.35. The normalized spacial score (nSPS) is 35.4. The highest BCUT2D eigenvalue weighted by atomic mass is 32.1. The summed E-state index contributed by atoms with van der Waals surface area (Å²) in [7, 11) is 0. The van der Waals surface area contributed by atoms with Gasteiger partial charge in [-0.1, -0.05) is 25.0 Å². The number of piperazine rings is 1. The molecule has 3 heterocycles. The minimum Gasteiger partial charge on any atom is -0.353 e. The van der Waals surface area contributed by atoms with E-state index < -0.39 is 0 Å². The van der Waals surface area contributed by atoms with Gasteiger partial charge in [0.2, 0.25) is 11.8 Å². The number of hydrogen-bond acceptors (Lipinski definition) is 6. The SMILES string of the molecule is O=C1[C@@H]2[C@@H]3CC[C@@H](C3)[C@@H]2C(=O)N1C[C@@H]1CCCCC1CN1CCN(c2nsc3ccccc23)CC1. The second kappa shape index (κ2) is 8.84. The molecule has 2 saturated heterocycles. The Morgan fingerprint density at radius 3 is 2.20 bits per heavy atom. The van der Waals surface area contributed by atoms with E-state index >= 15 is 0 Å². The standard InChI is InChI=1S/C28H36N4O2S/c33-27-24-18-9-10-19(15-18)25(24)28(34)32(27)17-21-6-2-1-5-20(21)16-30-11-13-31(14-12-30)26-22-7-3-4-8-23(22)35-29-26/h3-4,7-8,18-21,24-25H,1-2,5-6,9-17H2/t18-,19+,20?,21-,24-,25+/m0/s1. The molecule has 7 rings (SSSR count). The molecule has 35 heavy (non-hydrogen) atoms. The van der Waals surface area contributed by atoms with E-state index in [9.17, 15) is 9.59 Å². The first-order chi connectivity index (χ1) is 17.2. The Bertz CT molecular complexity index is 1100. The molecule has 3 aliphatic carbocycles. The van der Waals surface area contributed by atoms with Gasteiger partial charge in [0, 0.05) is 44.7 Å². The number of anilines is 1. The van der Waals surface area contributed by atoms with E-state index in [4.69, 9.17) is 4.37 Å². The molecular weight excluding hydrogens is 456 g/mol. The predicted molar refractivity (Wildman–Crippen MR) is 138 cm³/mol. The van der Waals surface area contributed by atoms with Crippen LogP contribution in [0.15, 0.2) is 24.3 Å². The molecule has 1 aromatic carbocycles. The number of likely N-dealkylation sites (tertiary alicyclic amines) is 1. The highest BCUT2D eigenvalue weighted by Gasteiger charge is 2.61. The van der Waals surface area contributed by atoms with E-state index in [1.165, 1.54) is 29.3 Å². The summed E-state index contributed by atoms with van der Waals surface area (Å²) >= 11 is 1.60. The van der Waals surface area contributed by atoms with Crippen LogP contribution >= 0.6 is 11.5 Å². The number of hydrogen-bond donors (Lipinski definition) is 0. The van der Waals surface area contributed by atoms with Gasteiger partial charge >= 0.3 is 0 Å². The van der Waals surface area contributed by atoms with Gasteiger partial charge in [-0.05, 0) is 79.4 Å². The van der Waals surface area contributed by atoms with Crippen molar-refractivity contribution in [2.75, 3.05) is 44.2 Å². The number of carbonyl (C=O) groups excluding carboxylic acids is 2. The van der Waals surface area contributed by atoms with Crippen LogP contribution in [0.4, 0.5) is 5.82 Å². The molecule has 1 aromatic heterocycles. The fraction of sp³-hybridized carbons (Fsp3) is 0.679. The first-order valence-corrected chi connectivity index (χ1v) is 14.6. The molecular formula is C28H36N4O2S. The molecule has 1 unspecified atom stereocenters. The summed E-state index contributed by atoms with van der Waals surface area (Å²) in [5.41, 5.74) is 0. The van der Waals surface area contributed by atoms with Gasteiger partial charge in [-0.15, -0.1) is 0 Å². The van der Waals surface area contributed by atoms with E-state index in [1.807, 2.05) is 0 Å². The summed E-state index contributed by atoms with van der Waals surface area (Å²) in [5, 5.41) is 1.27. The maximum absolute atomic E-state index is 13.3. The third-order valence-corrected chi connectivity index (χ3v) is 10.8. The van der Waals surface area contributed by atoms with Crippen LogP contribution < -0.4 is 4.90 Å². The largest absolute Gasteiger partial charge is 0.353 e. The average molecular weight is 493 g/mol. The van der Waals surface area contributed by atoms with E-state index in [1.54, 1.807) is 16.4 Å². The summed E-state index contributed by atoms with van der Waals surface area (Å²) in [6, 6.07) is 8.54. The highest BCUT2D eigenvalue weighted by Crippen LogP contribution is 2.56. The molecule has 7 heteroatoms. The topological polar surface area (TPSA) is 56.8 Å². The average Bonchev–Trinajstić information content (AvgIpc) is 3.66. The van der Waals surface area contributed by atoms with Crippen LogP contribution in [0.25, 0.3) is 10.1 Å². The van der Waals surface area contributed by atoms with Crippen LogP contribution in [0.2, 0.25) is 0 Å². The first-order valence-electron chi connectivity index (χ1n) is 13.8. The Balaban J connectivity index is 0.986. The van der Waals surface area contributed by atoms with Crippen molar-refractivity contribution < 1.29 is 9.59 Å². The Morgan fingerprint density at radius 2 is 1.49 bits per heavy atom. The quantitative estimate of drug-likeness (QED) is 0.584. The molecule has 6 atom stereocenters. The summed E-state index contributed by atoms with van der Waals surface area (Å²) in [6.45, 7) is 5.93. The van der Waals surface area contributed by atoms with Gasteiger partial charge in [-0.25, -0.2) is 0 Å². The number of carbonyl (C=O) groups is 2. The molecule has 2 aromatic rings. The van der Waals surface area contributed by atoms with Gasteiger partial charge in [0.15, 0.2) is 0 Å². The number of benzene rings is 1. The van der Waals surface area contributed by atoms with Crippen LogP contribution in [-0.2, 0) is 9.59 Å². The van der Waals surface area contributed by atoms with E-state index in [2.05, 4.69) is 34.1 Å². The second-order valence-corrected chi connectivity index (χ2v) is 12.6. The molecule has 5 fully saturated rings. The van der Waals surface area contributed by atoms with Gasteiger partial charge in [0.1, 0.15) is 5.82 Å². The molecule has 0 radical (unpaired) electrons. The molecule has 0 N–H and O–H groups in total. The maximum atomic E-state index is 13.3. The molecule has 2 amide bonds. The summed E-state index contributed by atoms with van der Waals surface area (Å²) in [4.78, 5) is 33.4. The lowest BCUT2D eigenvalue weighted by molar-refractivity contribution is -0.142. The molecule has 2 aliphatic heterocycles. The lowest BCUT2D eigenvalue weighted by atomic mass is 9.78. The Hall–Kier alpha value is -1.99. The number of rotatable bonds is 5. The van der Waals surface area contributed by atoms with E-state index in [0.29, 0.717) is 30.2 Å². The van der Waals surface area contributed by atoms with Crippen LogP contribution in [0.5, 0.6) is 0 Å². The van der Waals surface area contributed by atoms with Crippen molar-refractivity contribution in [2.45, 2.75) is 44.9 Å². The van der Waals surface area contributed by atoms with Crippen molar-refractivity contribution in [3.05, 3.63) is 24.3 Å².